The van der Waals surface area contributed by atoms with E-state index in [0.29, 0.717) is 0 Å². The molecule has 3 aliphatic heterocycles. The lowest BCUT2D eigenvalue weighted by molar-refractivity contribution is -0.264. The highest BCUT2D eigenvalue weighted by atomic mass is 31.2. The van der Waals surface area contributed by atoms with Gasteiger partial charge < -0.3 is 132 Å². The number of ether oxygens (including phenoxy) is 16. The van der Waals surface area contributed by atoms with E-state index in [1.54, 1.807) is 20.8 Å². The van der Waals surface area contributed by atoms with Crippen LogP contribution in [0.2, 0.25) is 0 Å². The predicted octanol–water partition coefficient (Wildman–Crippen LogP) is -0.249. The molecule has 0 bridgehead atoms. The van der Waals surface area contributed by atoms with Crippen LogP contribution in [-0.4, -0.2) is 317 Å². The van der Waals surface area contributed by atoms with Crippen molar-refractivity contribution in [1.82, 2.24) is 47.2 Å². The lowest BCUT2D eigenvalue weighted by Gasteiger charge is -2.44. The molecule has 18 atom stereocenters. The zero-order chi connectivity index (χ0) is 88.0. The third-order valence-corrected chi connectivity index (χ3v) is 20.0. The minimum atomic E-state index is -1.57. The number of carbonyl (C=O) groups excluding carboxylic acids is 14. The third-order valence-electron chi connectivity index (χ3n) is 17.9. The number of hydrogen-bond donors (Lipinski definition) is 8. The van der Waals surface area contributed by atoms with Crippen LogP contribution in [0, 0.1) is 24.3 Å². The Labute approximate surface area is 690 Å². The average Bonchev–Trinajstić information content (AvgIpc) is 0.806. The number of nitrogens with one attached hydrogen (secondary N) is 8. The molecule has 0 aromatic carbocycles. The Hall–Kier alpha value is -8.02. The maximum Gasteiger partial charge on any atom is 0.303 e. The first-order valence-electron chi connectivity index (χ1n) is 39.4. The standard InChI is InChI=1S/C75H125N10O32P/c1-43(2)85(44(3)4)118(110-31-23-76-17)111-39-35-100-27-22-64(97)84-58(72(99)79-26-30-103-34-38-106-75-67(82-50(10)88)47(7)70(114-56(16)94)61(117-75)42-109-53(13)91)19-21-63(96)83-57(71(98)78-25-29-102-33-37-105-74-66(81-49(9)87)46(6)69(113-55(15)93)60(116-74)41-108-52(12)90)18-20-62(95)77-24-28-101-32-36-104-73-65(80-48(8)86)45(5)68(112-54(14)92)59(115-73)40-107-51(11)89/h43-47,57-61,65-70,73-75H,18-42H2,1-16H3,(H,77,95)(H,78,98)(H,79,99)(H,80,86)(H,81,87)(H,82,88)(H,83,96)(H,84,97)/t45?,46?,47?,57-,58-,59?,60?,61?,65?,66?,67?,68?,69?,70?,73?,74?,75?,118?/m0/s1. The Morgan fingerprint density at radius 3 is 1.05 bits per heavy atom. The van der Waals surface area contributed by atoms with Crippen molar-refractivity contribution >= 4 is 91.6 Å². The molecule has 0 aromatic rings. The van der Waals surface area contributed by atoms with Gasteiger partial charge in [-0.1, -0.05) is 20.8 Å². The van der Waals surface area contributed by atoms with Gasteiger partial charge in [0.15, 0.2) is 18.9 Å². The summed E-state index contributed by atoms with van der Waals surface area (Å²) in [6, 6.07) is -5.10. The van der Waals surface area contributed by atoms with E-state index in [-0.39, 0.29) is 170 Å². The van der Waals surface area contributed by atoms with Crippen LogP contribution in [0.15, 0.2) is 0 Å². The maximum absolute atomic E-state index is 14.1. The first kappa shape index (κ1) is 104. The summed E-state index contributed by atoms with van der Waals surface area (Å²) >= 11 is 0. The molecule has 8 amide bonds. The van der Waals surface area contributed by atoms with Gasteiger partial charge >= 0.3 is 35.8 Å². The molecular formula is C75H125N10O32P. The van der Waals surface area contributed by atoms with Crippen LogP contribution in [0.1, 0.15) is 143 Å². The molecule has 0 saturated carbocycles. The van der Waals surface area contributed by atoms with Crippen LogP contribution in [0.25, 0.3) is 4.85 Å². The molecule has 16 unspecified atom stereocenters. The molecule has 0 spiro atoms. The van der Waals surface area contributed by atoms with Gasteiger partial charge in [-0.2, -0.15) is 0 Å². The molecule has 0 radical (unpaired) electrons. The number of amides is 8. The highest BCUT2D eigenvalue weighted by Gasteiger charge is 2.50. The first-order chi connectivity index (χ1) is 55.9. The minimum Gasteiger partial charge on any atom is -0.463 e. The molecule has 43 heteroatoms. The molecule has 118 heavy (non-hydrogen) atoms. The van der Waals surface area contributed by atoms with E-state index in [1.807, 2.05) is 32.4 Å². The lowest BCUT2D eigenvalue weighted by atomic mass is 9.88. The fourth-order valence-corrected chi connectivity index (χ4v) is 14.2. The van der Waals surface area contributed by atoms with Crippen LogP contribution in [-0.2, 0) is 152 Å². The average molecular weight is 1710 g/mol. The monoisotopic (exact) mass is 1710 g/mol. The molecule has 3 saturated heterocycles. The SMILES string of the molecule is [C-]#[N+]CCOP(OCCOCCC(=O)N[C@@H](CCC(=O)N[C@@H](CCC(=O)NCCOCCOC1OC(COC(C)=O)C(OC(C)=O)C(C)C1NC(C)=O)C(=O)NCCOCCOC1OC(COC(C)=O)C(OC(C)=O)C(C)C1NC(C)=O)C(=O)NCCOCCOC1OC(COC(C)=O)C(OC(C)=O)C(C)C1NC(C)=O)N(C(C)C)C(C)C. The van der Waals surface area contributed by atoms with Crippen molar-refractivity contribution in [3.8, 4) is 0 Å². The fourth-order valence-electron chi connectivity index (χ4n) is 12.7. The van der Waals surface area contributed by atoms with E-state index in [2.05, 4.69) is 47.4 Å². The number of esters is 6. The summed E-state index contributed by atoms with van der Waals surface area (Å²) in [5.41, 5.74) is 0. The fraction of sp³-hybridized carbons (Fsp3) is 0.800. The van der Waals surface area contributed by atoms with Crippen molar-refractivity contribution in [3.63, 3.8) is 0 Å². The van der Waals surface area contributed by atoms with Crippen molar-refractivity contribution in [2.45, 2.75) is 241 Å². The lowest BCUT2D eigenvalue weighted by Crippen LogP contribution is -2.62. The van der Waals surface area contributed by atoms with Gasteiger partial charge in [-0.3, -0.25) is 67.1 Å². The largest absolute Gasteiger partial charge is 0.463 e. The zero-order valence-corrected chi connectivity index (χ0v) is 71.4. The van der Waals surface area contributed by atoms with Gasteiger partial charge in [0.1, 0.15) is 75.1 Å². The Bertz CT molecular complexity index is 3200. The van der Waals surface area contributed by atoms with Crippen molar-refractivity contribution in [2.24, 2.45) is 17.8 Å². The second-order valence-electron chi connectivity index (χ2n) is 28.4. The summed E-state index contributed by atoms with van der Waals surface area (Å²) in [6.07, 6.45) is -10.6. The van der Waals surface area contributed by atoms with Crippen LogP contribution in [0.5, 0.6) is 0 Å². The van der Waals surface area contributed by atoms with E-state index in [9.17, 15) is 67.1 Å². The highest BCUT2D eigenvalue weighted by Crippen LogP contribution is 2.46. The normalized spacial score (nSPS) is 23.6. The van der Waals surface area contributed by atoms with Crippen LogP contribution in [0.3, 0.4) is 0 Å². The molecule has 672 valence electrons. The zero-order valence-electron chi connectivity index (χ0n) is 70.6. The van der Waals surface area contributed by atoms with E-state index in [0.717, 1.165) is 0 Å². The summed E-state index contributed by atoms with van der Waals surface area (Å²) in [7, 11) is -1.57. The topological polar surface area (TPSA) is 509 Å². The summed E-state index contributed by atoms with van der Waals surface area (Å²) in [5.74, 6) is -10.2. The van der Waals surface area contributed by atoms with E-state index < -0.39 is 201 Å². The Kier molecular flexibility index (Phi) is 50.5. The minimum absolute atomic E-state index is 0.0270. The second kappa shape index (κ2) is 57.3. The molecule has 3 fully saturated rings. The molecular weight excluding hydrogens is 1580 g/mol. The number of hydrogen-bond acceptors (Lipinski definition) is 33. The number of nitrogens with zero attached hydrogens (tertiary/aromatic N) is 2. The van der Waals surface area contributed by atoms with Crippen molar-refractivity contribution in [2.75, 3.05) is 132 Å². The number of rotatable bonds is 56. The van der Waals surface area contributed by atoms with Gasteiger partial charge in [-0.15, -0.1) is 0 Å². The van der Waals surface area contributed by atoms with Gasteiger partial charge in [-0.25, -0.2) is 11.2 Å². The van der Waals surface area contributed by atoms with Crippen molar-refractivity contribution in [3.05, 3.63) is 11.4 Å². The Morgan fingerprint density at radius 1 is 0.398 bits per heavy atom. The Balaban J connectivity index is 1.79. The molecule has 3 aliphatic rings. The molecule has 0 aromatic heterocycles. The Morgan fingerprint density at radius 2 is 0.720 bits per heavy atom. The smallest absolute Gasteiger partial charge is 0.303 e. The quantitative estimate of drug-likeness (QED) is 0.0128. The van der Waals surface area contributed by atoms with Gasteiger partial charge in [-0.05, 0) is 40.5 Å². The summed E-state index contributed by atoms with van der Waals surface area (Å²) < 4.78 is 105. The maximum atomic E-state index is 14.1. The van der Waals surface area contributed by atoms with Crippen LogP contribution in [0.4, 0.5) is 0 Å². The van der Waals surface area contributed by atoms with Crippen LogP contribution < -0.4 is 42.5 Å². The van der Waals surface area contributed by atoms with Gasteiger partial charge in [0.2, 0.25) is 53.8 Å². The third kappa shape index (κ3) is 41.3. The molecule has 3 rings (SSSR count). The number of carbonyl (C=O) groups is 14. The second-order valence-corrected chi connectivity index (χ2v) is 29.9. The first-order valence-corrected chi connectivity index (χ1v) is 40.5. The van der Waals surface area contributed by atoms with Crippen molar-refractivity contribution < 1.29 is 152 Å². The van der Waals surface area contributed by atoms with E-state index >= 15 is 0 Å². The summed E-state index contributed by atoms with van der Waals surface area (Å²) in [4.78, 5) is 181. The van der Waals surface area contributed by atoms with Gasteiger partial charge in [0.05, 0.1) is 97.4 Å². The molecule has 42 nitrogen and oxygen atoms in total. The highest BCUT2D eigenvalue weighted by molar-refractivity contribution is 7.44. The summed E-state index contributed by atoms with van der Waals surface area (Å²) in [6.45, 7) is 29.7. The van der Waals surface area contributed by atoms with Gasteiger partial charge in [0.25, 0.3) is 8.53 Å². The van der Waals surface area contributed by atoms with E-state index in [1.165, 1.54) is 62.3 Å². The molecule has 0 aliphatic carbocycles. The molecule has 8 N–H and O–H groups in total. The van der Waals surface area contributed by atoms with E-state index in [4.69, 9.17) is 91.4 Å². The van der Waals surface area contributed by atoms with Gasteiger partial charge in [0, 0.05) is 131 Å². The summed E-state index contributed by atoms with van der Waals surface area (Å²) in [5, 5.41) is 21.7. The van der Waals surface area contributed by atoms with Crippen molar-refractivity contribution in [1.29, 1.82) is 0 Å². The predicted molar refractivity (Wildman–Crippen MR) is 412 cm³/mol. The molecule has 3 heterocycles. The van der Waals surface area contributed by atoms with Crippen LogP contribution >= 0.6 is 8.53 Å².